The van der Waals surface area contributed by atoms with Crippen LogP contribution in [0.15, 0.2) is 23.2 Å². The first kappa shape index (κ1) is 19.1. The van der Waals surface area contributed by atoms with Crippen LogP contribution in [-0.4, -0.2) is 56.1 Å². The first-order valence-electron chi connectivity index (χ1n) is 9.10. The van der Waals surface area contributed by atoms with Crippen LogP contribution in [0.25, 0.3) is 0 Å². The molecule has 0 atom stereocenters. The van der Waals surface area contributed by atoms with Gasteiger partial charge in [0, 0.05) is 19.6 Å². The number of rotatable bonds is 7. The molecule has 0 bridgehead atoms. The molecular formula is C19H30N4O2. The van der Waals surface area contributed by atoms with Gasteiger partial charge in [-0.2, -0.15) is 0 Å². The van der Waals surface area contributed by atoms with Crippen LogP contribution < -0.4 is 15.4 Å². The molecule has 0 aromatic heterocycles. The van der Waals surface area contributed by atoms with E-state index in [9.17, 15) is 4.79 Å². The second-order valence-corrected chi connectivity index (χ2v) is 6.28. The lowest BCUT2D eigenvalue weighted by Gasteiger charge is -2.16. The third kappa shape index (κ3) is 5.96. The number of carbonyl (C=O) groups excluding carboxylic acids is 1. The number of benzene rings is 1. The normalized spacial score (nSPS) is 14.5. The smallest absolute Gasteiger partial charge is 0.244 e. The van der Waals surface area contributed by atoms with E-state index in [1.54, 1.807) is 0 Å². The van der Waals surface area contributed by atoms with Gasteiger partial charge in [-0.05, 0) is 44.7 Å². The number of aryl methyl sites for hydroxylation is 2. The number of nitrogens with zero attached hydrogens (tertiary/aromatic N) is 2. The van der Waals surface area contributed by atoms with Crippen molar-refractivity contribution in [2.24, 2.45) is 4.99 Å². The van der Waals surface area contributed by atoms with Crippen molar-refractivity contribution >= 4 is 11.9 Å². The van der Waals surface area contributed by atoms with Gasteiger partial charge in [-0.3, -0.25) is 4.79 Å². The molecule has 1 aliphatic heterocycles. The Morgan fingerprint density at radius 2 is 1.88 bits per heavy atom. The van der Waals surface area contributed by atoms with Crippen LogP contribution in [0.3, 0.4) is 0 Å². The molecular weight excluding hydrogens is 316 g/mol. The average molecular weight is 346 g/mol. The van der Waals surface area contributed by atoms with E-state index >= 15 is 0 Å². The molecule has 1 aromatic rings. The molecule has 6 heteroatoms. The summed E-state index contributed by atoms with van der Waals surface area (Å²) >= 11 is 0. The maximum Gasteiger partial charge on any atom is 0.244 e. The first-order valence-corrected chi connectivity index (χ1v) is 9.10. The monoisotopic (exact) mass is 346 g/mol. The Kier molecular flexibility index (Phi) is 7.57. The number of amides is 1. The van der Waals surface area contributed by atoms with E-state index in [1.165, 1.54) is 0 Å². The fourth-order valence-electron chi connectivity index (χ4n) is 2.90. The summed E-state index contributed by atoms with van der Waals surface area (Å²) in [6.45, 7) is 9.93. The van der Waals surface area contributed by atoms with Crippen molar-refractivity contribution in [3.63, 3.8) is 0 Å². The van der Waals surface area contributed by atoms with Gasteiger partial charge in [0.05, 0.1) is 6.54 Å². The number of hydrogen-bond donors (Lipinski definition) is 2. The minimum atomic E-state index is 0.0986. The third-order valence-electron chi connectivity index (χ3n) is 4.23. The molecule has 1 aromatic carbocycles. The molecule has 25 heavy (non-hydrogen) atoms. The predicted octanol–water partition coefficient (Wildman–Crippen LogP) is 1.86. The molecule has 1 saturated heterocycles. The lowest BCUT2D eigenvalue weighted by Crippen LogP contribution is -2.40. The molecule has 1 fully saturated rings. The van der Waals surface area contributed by atoms with Crippen LogP contribution in [0, 0.1) is 13.8 Å². The number of nitrogens with one attached hydrogen (secondary N) is 2. The Morgan fingerprint density at radius 1 is 1.20 bits per heavy atom. The standard InChI is InChI=1S/C19H30N4O2/c1-4-20-19(22-14-17(24)23-11-5-6-12-23)21-10-13-25-18-15(2)8-7-9-16(18)3/h7-9H,4-6,10-14H2,1-3H3,(H2,20,21,22). The van der Waals surface area contributed by atoms with Crippen LogP contribution in [0.1, 0.15) is 30.9 Å². The Balaban J connectivity index is 1.78. The highest BCUT2D eigenvalue weighted by molar-refractivity contribution is 5.85. The lowest BCUT2D eigenvalue weighted by molar-refractivity contribution is -0.128. The number of para-hydroxylation sites is 1. The van der Waals surface area contributed by atoms with Crippen molar-refractivity contribution in [2.75, 3.05) is 39.3 Å². The zero-order valence-corrected chi connectivity index (χ0v) is 15.6. The number of ether oxygens (including phenoxy) is 1. The summed E-state index contributed by atoms with van der Waals surface area (Å²) in [5.41, 5.74) is 2.27. The Morgan fingerprint density at radius 3 is 2.52 bits per heavy atom. The minimum absolute atomic E-state index is 0.0986. The highest BCUT2D eigenvalue weighted by atomic mass is 16.5. The maximum atomic E-state index is 12.1. The van der Waals surface area contributed by atoms with Crippen LogP contribution in [0.2, 0.25) is 0 Å². The van der Waals surface area contributed by atoms with Crippen molar-refractivity contribution in [1.29, 1.82) is 0 Å². The number of likely N-dealkylation sites (tertiary alicyclic amines) is 1. The molecule has 138 valence electrons. The summed E-state index contributed by atoms with van der Waals surface area (Å²) in [6, 6.07) is 6.12. The van der Waals surface area contributed by atoms with Gasteiger partial charge in [0.2, 0.25) is 5.91 Å². The van der Waals surface area contributed by atoms with Crippen LogP contribution >= 0.6 is 0 Å². The molecule has 0 unspecified atom stereocenters. The topological polar surface area (TPSA) is 66.0 Å². The summed E-state index contributed by atoms with van der Waals surface area (Å²) in [4.78, 5) is 18.4. The van der Waals surface area contributed by atoms with E-state index in [4.69, 9.17) is 4.74 Å². The van der Waals surface area contributed by atoms with Crippen LogP contribution in [-0.2, 0) is 4.79 Å². The zero-order chi connectivity index (χ0) is 18.1. The summed E-state index contributed by atoms with van der Waals surface area (Å²) in [6.07, 6.45) is 2.20. The molecule has 2 rings (SSSR count). The Bertz CT molecular complexity index is 575. The van der Waals surface area contributed by atoms with Crippen LogP contribution in [0.4, 0.5) is 0 Å². The molecule has 0 aliphatic carbocycles. The van der Waals surface area contributed by atoms with E-state index in [1.807, 2.05) is 43.9 Å². The highest BCUT2D eigenvalue weighted by Crippen LogP contribution is 2.21. The SMILES string of the molecule is CCNC(=NCC(=O)N1CCCC1)NCCOc1c(C)cccc1C. The van der Waals surface area contributed by atoms with E-state index in [2.05, 4.69) is 15.6 Å². The van der Waals surface area contributed by atoms with Gasteiger partial charge in [-0.15, -0.1) is 0 Å². The van der Waals surface area contributed by atoms with Gasteiger partial charge < -0.3 is 20.3 Å². The number of aliphatic imine (C=N–C) groups is 1. The second-order valence-electron chi connectivity index (χ2n) is 6.28. The second kappa shape index (κ2) is 9.91. The summed E-state index contributed by atoms with van der Waals surface area (Å²) in [5, 5.41) is 6.38. The minimum Gasteiger partial charge on any atom is -0.491 e. The highest BCUT2D eigenvalue weighted by Gasteiger charge is 2.17. The number of hydrogen-bond acceptors (Lipinski definition) is 3. The quantitative estimate of drug-likeness (QED) is 0.449. The lowest BCUT2D eigenvalue weighted by atomic mass is 10.1. The van der Waals surface area contributed by atoms with Crippen molar-refractivity contribution in [3.8, 4) is 5.75 Å². The third-order valence-corrected chi connectivity index (χ3v) is 4.23. The number of carbonyl (C=O) groups is 1. The molecule has 1 aliphatic rings. The summed E-state index contributed by atoms with van der Waals surface area (Å²) < 4.78 is 5.88. The Labute approximate surface area is 150 Å². The van der Waals surface area contributed by atoms with E-state index < -0.39 is 0 Å². The van der Waals surface area contributed by atoms with Crippen molar-refractivity contribution in [3.05, 3.63) is 29.3 Å². The summed E-state index contributed by atoms with van der Waals surface area (Å²) in [5.74, 6) is 1.69. The van der Waals surface area contributed by atoms with E-state index in [0.717, 1.165) is 49.4 Å². The molecule has 0 spiro atoms. The van der Waals surface area contributed by atoms with Gasteiger partial charge in [0.25, 0.3) is 0 Å². The zero-order valence-electron chi connectivity index (χ0n) is 15.6. The number of guanidine groups is 1. The fourth-order valence-corrected chi connectivity index (χ4v) is 2.90. The first-order chi connectivity index (χ1) is 12.1. The van der Waals surface area contributed by atoms with Gasteiger partial charge in [-0.25, -0.2) is 4.99 Å². The summed E-state index contributed by atoms with van der Waals surface area (Å²) in [7, 11) is 0. The molecule has 1 heterocycles. The Hall–Kier alpha value is -2.24. The van der Waals surface area contributed by atoms with Crippen LogP contribution in [0.5, 0.6) is 5.75 Å². The average Bonchev–Trinajstić information content (AvgIpc) is 3.13. The fraction of sp³-hybridized carbons (Fsp3) is 0.579. The molecule has 0 saturated carbocycles. The largest absolute Gasteiger partial charge is 0.491 e. The predicted molar refractivity (Wildman–Crippen MR) is 101 cm³/mol. The molecule has 0 radical (unpaired) electrons. The van der Waals surface area contributed by atoms with E-state index in [0.29, 0.717) is 19.1 Å². The van der Waals surface area contributed by atoms with Gasteiger partial charge in [-0.1, -0.05) is 18.2 Å². The molecule has 2 N–H and O–H groups in total. The van der Waals surface area contributed by atoms with Crippen molar-refractivity contribution in [2.45, 2.75) is 33.6 Å². The maximum absolute atomic E-state index is 12.1. The van der Waals surface area contributed by atoms with Crippen molar-refractivity contribution < 1.29 is 9.53 Å². The van der Waals surface area contributed by atoms with Gasteiger partial charge in [0.15, 0.2) is 5.96 Å². The van der Waals surface area contributed by atoms with Gasteiger partial charge >= 0.3 is 0 Å². The van der Waals surface area contributed by atoms with E-state index in [-0.39, 0.29) is 12.5 Å². The van der Waals surface area contributed by atoms with Crippen molar-refractivity contribution in [1.82, 2.24) is 15.5 Å². The molecule has 1 amide bonds. The molecule has 6 nitrogen and oxygen atoms in total. The van der Waals surface area contributed by atoms with Gasteiger partial charge in [0.1, 0.15) is 18.9 Å².